The third-order valence-electron chi connectivity index (χ3n) is 2.25. The van der Waals surface area contributed by atoms with Crippen molar-refractivity contribution in [1.82, 2.24) is 0 Å². The second kappa shape index (κ2) is 7.45. The third kappa shape index (κ3) is 4.88. The van der Waals surface area contributed by atoms with E-state index in [9.17, 15) is 4.79 Å². The number of benzene rings is 1. The Hall–Kier alpha value is -0.870. The maximum absolute atomic E-state index is 11.6. The van der Waals surface area contributed by atoms with E-state index in [0.29, 0.717) is 19.6 Å². The van der Waals surface area contributed by atoms with Crippen molar-refractivity contribution in [2.45, 2.75) is 26.4 Å². The maximum Gasteiger partial charge on any atom is 0.335 e. The Balaban J connectivity index is 2.65. The summed E-state index contributed by atoms with van der Waals surface area (Å²) >= 11 is 3.37. The van der Waals surface area contributed by atoms with Gasteiger partial charge in [0.25, 0.3) is 0 Å². The van der Waals surface area contributed by atoms with Crippen molar-refractivity contribution < 1.29 is 14.3 Å². The van der Waals surface area contributed by atoms with Crippen molar-refractivity contribution in [2.24, 2.45) is 0 Å². The summed E-state index contributed by atoms with van der Waals surface area (Å²) in [6, 6.07) is 7.83. The van der Waals surface area contributed by atoms with Crippen molar-refractivity contribution in [3.8, 4) is 0 Å². The van der Waals surface area contributed by atoms with E-state index < -0.39 is 6.10 Å². The van der Waals surface area contributed by atoms with Crippen LogP contribution in [0.2, 0.25) is 0 Å². The summed E-state index contributed by atoms with van der Waals surface area (Å²) in [5.41, 5.74) is 1.06. The molecule has 0 amide bonds. The van der Waals surface area contributed by atoms with Gasteiger partial charge in [-0.1, -0.05) is 28.1 Å². The largest absolute Gasteiger partial charge is 0.464 e. The Bertz CT molecular complexity index is 348. The average Bonchev–Trinajstić information content (AvgIpc) is 2.31. The molecule has 1 unspecified atom stereocenters. The van der Waals surface area contributed by atoms with E-state index in [1.54, 1.807) is 6.92 Å². The lowest BCUT2D eigenvalue weighted by Crippen LogP contribution is -2.28. The molecule has 0 aliphatic carbocycles. The molecule has 3 nitrogen and oxygen atoms in total. The molecular formula is C13H17BrO3. The lowest BCUT2D eigenvalue weighted by atomic mass is 10.1. The van der Waals surface area contributed by atoms with Gasteiger partial charge in [-0.3, -0.25) is 0 Å². The molecule has 4 heteroatoms. The normalized spacial score (nSPS) is 12.2. The van der Waals surface area contributed by atoms with E-state index in [1.165, 1.54) is 0 Å². The van der Waals surface area contributed by atoms with E-state index in [-0.39, 0.29) is 5.97 Å². The Morgan fingerprint density at radius 1 is 1.24 bits per heavy atom. The molecule has 0 aliphatic rings. The van der Waals surface area contributed by atoms with Crippen molar-refractivity contribution in [3.63, 3.8) is 0 Å². The zero-order valence-electron chi connectivity index (χ0n) is 10.1. The average molecular weight is 301 g/mol. The molecule has 0 saturated heterocycles. The Kier molecular flexibility index (Phi) is 6.22. The molecule has 0 fully saturated rings. The fourth-order valence-corrected chi connectivity index (χ4v) is 1.75. The molecule has 0 saturated carbocycles. The molecule has 0 spiro atoms. The maximum atomic E-state index is 11.6. The minimum atomic E-state index is -0.513. The summed E-state index contributed by atoms with van der Waals surface area (Å²) < 4.78 is 11.4. The number of halogens is 1. The van der Waals surface area contributed by atoms with Gasteiger partial charge in [0.1, 0.15) is 0 Å². The van der Waals surface area contributed by atoms with Crippen LogP contribution in [0.4, 0.5) is 0 Å². The summed E-state index contributed by atoms with van der Waals surface area (Å²) in [6.45, 7) is 4.54. The highest BCUT2D eigenvalue weighted by Crippen LogP contribution is 2.13. The topological polar surface area (TPSA) is 35.5 Å². The molecule has 1 aromatic rings. The summed E-state index contributed by atoms with van der Waals surface area (Å²) in [6.07, 6.45) is 0.0288. The standard InChI is InChI=1S/C13H17BrO3/c1-3-16-12(13(15)17-4-2)9-10-5-7-11(14)8-6-10/h5-8,12H,3-4,9H2,1-2H3. The van der Waals surface area contributed by atoms with E-state index in [0.717, 1.165) is 10.0 Å². The van der Waals surface area contributed by atoms with E-state index in [2.05, 4.69) is 15.9 Å². The molecule has 94 valence electrons. The van der Waals surface area contributed by atoms with Gasteiger partial charge in [-0.05, 0) is 31.5 Å². The number of rotatable bonds is 6. The van der Waals surface area contributed by atoms with Crippen LogP contribution in [0.1, 0.15) is 19.4 Å². The Morgan fingerprint density at radius 3 is 2.41 bits per heavy atom. The van der Waals surface area contributed by atoms with Gasteiger partial charge in [0.15, 0.2) is 6.10 Å². The summed E-state index contributed by atoms with van der Waals surface area (Å²) in [7, 11) is 0. The number of esters is 1. The van der Waals surface area contributed by atoms with E-state index >= 15 is 0 Å². The van der Waals surface area contributed by atoms with E-state index in [1.807, 2.05) is 31.2 Å². The van der Waals surface area contributed by atoms with Crippen LogP contribution >= 0.6 is 15.9 Å². The monoisotopic (exact) mass is 300 g/mol. The highest BCUT2D eigenvalue weighted by atomic mass is 79.9. The smallest absolute Gasteiger partial charge is 0.335 e. The molecule has 0 aromatic heterocycles. The van der Waals surface area contributed by atoms with Crippen molar-refractivity contribution in [1.29, 1.82) is 0 Å². The molecular weight excluding hydrogens is 284 g/mol. The predicted octanol–water partition coefficient (Wildman–Crippen LogP) is 2.96. The highest BCUT2D eigenvalue weighted by Gasteiger charge is 2.20. The fourth-order valence-electron chi connectivity index (χ4n) is 1.48. The van der Waals surface area contributed by atoms with Crippen LogP contribution in [0.15, 0.2) is 28.7 Å². The van der Waals surface area contributed by atoms with Gasteiger partial charge in [-0.15, -0.1) is 0 Å². The lowest BCUT2D eigenvalue weighted by molar-refractivity contribution is -0.156. The SMILES string of the molecule is CCOC(=O)C(Cc1ccc(Br)cc1)OCC. The van der Waals surface area contributed by atoms with Crippen molar-refractivity contribution in [2.75, 3.05) is 13.2 Å². The Labute approximate surface area is 110 Å². The predicted molar refractivity (Wildman–Crippen MR) is 69.9 cm³/mol. The lowest BCUT2D eigenvalue weighted by Gasteiger charge is -2.15. The first-order valence-electron chi connectivity index (χ1n) is 5.70. The van der Waals surface area contributed by atoms with Gasteiger partial charge < -0.3 is 9.47 Å². The minimum Gasteiger partial charge on any atom is -0.464 e. The number of carbonyl (C=O) groups is 1. The van der Waals surface area contributed by atoms with Crippen LogP contribution in [0, 0.1) is 0 Å². The van der Waals surface area contributed by atoms with Gasteiger partial charge in [0.05, 0.1) is 6.61 Å². The minimum absolute atomic E-state index is 0.294. The van der Waals surface area contributed by atoms with Gasteiger partial charge in [0, 0.05) is 17.5 Å². The molecule has 17 heavy (non-hydrogen) atoms. The number of hydrogen-bond acceptors (Lipinski definition) is 3. The quantitative estimate of drug-likeness (QED) is 0.758. The zero-order valence-corrected chi connectivity index (χ0v) is 11.7. The number of ether oxygens (including phenoxy) is 2. The van der Waals surface area contributed by atoms with Gasteiger partial charge in [0.2, 0.25) is 0 Å². The van der Waals surface area contributed by atoms with E-state index in [4.69, 9.17) is 9.47 Å². The molecule has 0 bridgehead atoms. The molecule has 1 rings (SSSR count). The van der Waals surface area contributed by atoms with Crippen LogP contribution in [0.3, 0.4) is 0 Å². The molecule has 1 atom stereocenters. The first-order valence-corrected chi connectivity index (χ1v) is 6.49. The first kappa shape index (κ1) is 14.2. The highest BCUT2D eigenvalue weighted by molar-refractivity contribution is 9.10. The fraction of sp³-hybridized carbons (Fsp3) is 0.462. The summed E-state index contributed by atoms with van der Waals surface area (Å²) in [5, 5.41) is 0. The van der Waals surface area contributed by atoms with Crippen LogP contribution in [-0.4, -0.2) is 25.3 Å². The summed E-state index contributed by atoms with van der Waals surface area (Å²) in [5.74, 6) is -0.294. The number of hydrogen-bond donors (Lipinski definition) is 0. The molecule has 0 radical (unpaired) electrons. The Morgan fingerprint density at radius 2 is 1.88 bits per heavy atom. The second-order valence-corrected chi connectivity index (χ2v) is 4.44. The molecule has 0 heterocycles. The zero-order chi connectivity index (χ0) is 12.7. The second-order valence-electron chi connectivity index (χ2n) is 3.53. The van der Waals surface area contributed by atoms with Gasteiger partial charge in [-0.2, -0.15) is 0 Å². The summed E-state index contributed by atoms with van der Waals surface area (Å²) in [4.78, 5) is 11.6. The van der Waals surface area contributed by atoms with Crippen LogP contribution in [0.5, 0.6) is 0 Å². The van der Waals surface area contributed by atoms with Crippen LogP contribution < -0.4 is 0 Å². The van der Waals surface area contributed by atoms with Crippen molar-refractivity contribution >= 4 is 21.9 Å². The first-order chi connectivity index (χ1) is 8.17. The van der Waals surface area contributed by atoms with Crippen LogP contribution in [0.25, 0.3) is 0 Å². The number of carbonyl (C=O) groups excluding carboxylic acids is 1. The van der Waals surface area contributed by atoms with Crippen molar-refractivity contribution in [3.05, 3.63) is 34.3 Å². The van der Waals surface area contributed by atoms with Crippen LogP contribution in [-0.2, 0) is 20.7 Å². The molecule has 0 aliphatic heterocycles. The van der Waals surface area contributed by atoms with Gasteiger partial charge >= 0.3 is 5.97 Å². The van der Waals surface area contributed by atoms with Gasteiger partial charge in [-0.25, -0.2) is 4.79 Å². The third-order valence-corrected chi connectivity index (χ3v) is 2.78. The molecule has 0 N–H and O–H groups in total. The molecule has 1 aromatic carbocycles.